The second-order valence-corrected chi connectivity index (χ2v) is 5.87. The summed E-state index contributed by atoms with van der Waals surface area (Å²) in [6.07, 6.45) is -5.78. The second-order valence-electron chi connectivity index (χ2n) is 5.43. The summed E-state index contributed by atoms with van der Waals surface area (Å²) >= 11 is 5.81. The zero-order chi connectivity index (χ0) is 18.2. The minimum Gasteiger partial charge on any atom is -0.448 e. The normalized spacial score (nSPS) is 16.8. The average Bonchev–Trinajstić information content (AvgIpc) is 2.55. The molecule has 0 spiro atoms. The van der Waals surface area contributed by atoms with E-state index in [9.17, 15) is 22.8 Å². The molecule has 1 amide bonds. The largest absolute Gasteiger partial charge is 0.448 e. The quantitative estimate of drug-likeness (QED) is 0.812. The Balaban J connectivity index is 1.82. The summed E-state index contributed by atoms with van der Waals surface area (Å²) in [5.41, 5.74) is -0.576. The molecule has 0 aromatic heterocycles. The molecule has 1 aliphatic rings. The fraction of sp³-hybridized carbons (Fsp3) is 0.176. The van der Waals surface area contributed by atoms with Gasteiger partial charge in [0, 0.05) is 11.4 Å². The van der Waals surface area contributed by atoms with Crippen LogP contribution in [0.25, 0.3) is 0 Å². The average molecular weight is 370 g/mol. The van der Waals surface area contributed by atoms with Gasteiger partial charge in [-0.25, -0.2) is 4.79 Å². The molecule has 25 heavy (non-hydrogen) atoms. The Morgan fingerprint density at radius 3 is 2.64 bits per heavy atom. The van der Waals surface area contributed by atoms with Gasteiger partial charge in [0.2, 0.25) is 0 Å². The SMILES string of the molecule is O=C1OC(C(=O)Nc2ccccc2C(F)(F)F)Cc2ccc(Cl)cc21. The first-order valence-corrected chi connectivity index (χ1v) is 7.60. The molecule has 1 atom stereocenters. The van der Waals surface area contributed by atoms with Crippen LogP contribution in [0.4, 0.5) is 18.9 Å². The Morgan fingerprint density at radius 1 is 1.20 bits per heavy atom. The highest BCUT2D eigenvalue weighted by Gasteiger charge is 2.36. The number of cyclic esters (lactones) is 1. The molecule has 0 saturated heterocycles. The van der Waals surface area contributed by atoms with E-state index >= 15 is 0 Å². The molecule has 0 aliphatic carbocycles. The molecule has 3 rings (SSSR count). The highest BCUT2D eigenvalue weighted by atomic mass is 35.5. The van der Waals surface area contributed by atoms with Crippen LogP contribution in [0.2, 0.25) is 5.02 Å². The molecule has 1 heterocycles. The van der Waals surface area contributed by atoms with Gasteiger partial charge in [-0.15, -0.1) is 0 Å². The molecule has 0 bridgehead atoms. The van der Waals surface area contributed by atoms with Crippen LogP contribution in [-0.2, 0) is 22.1 Å². The van der Waals surface area contributed by atoms with Crippen molar-refractivity contribution in [1.82, 2.24) is 0 Å². The molecule has 1 N–H and O–H groups in total. The number of alkyl halides is 3. The van der Waals surface area contributed by atoms with E-state index in [4.69, 9.17) is 16.3 Å². The van der Waals surface area contributed by atoms with Crippen molar-refractivity contribution in [1.29, 1.82) is 0 Å². The number of rotatable bonds is 2. The molecule has 130 valence electrons. The maximum atomic E-state index is 13.0. The van der Waals surface area contributed by atoms with Gasteiger partial charge in [0.05, 0.1) is 16.8 Å². The van der Waals surface area contributed by atoms with E-state index in [1.165, 1.54) is 18.2 Å². The van der Waals surface area contributed by atoms with Crippen molar-refractivity contribution in [3.05, 3.63) is 64.2 Å². The number of ether oxygens (including phenoxy) is 1. The Labute approximate surface area is 145 Å². The van der Waals surface area contributed by atoms with Crippen LogP contribution in [0.1, 0.15) is 21.5 Å². The summed E-state index contributed by atoms with van der Waals surface area (Å²) in [5, 5.41) is 2.53. The van der Waals surface area contributed by atoms with Gasteiger partial charge in [0.15, 0.2) is 6.10 Å². The fourth-order valence-electron chi connectivity index (χ4n) is 2.55. The molecule has 0 fully saturated rings. The van der Waals surface area contributed by atoms with Crippen molar-refractivity contribution in [3.63, 3.8) is 0 Å². The highest BCUT2D eigenvalue weighted by Crippen LogP contribution is 2.35. The number of nitrogens with one attached hydrogen (secondary N) is 1. The first-order valence-electron chi connectivity index (χ1n) is 7.22. The van der Waals surface area contributed by atoms with Crippen LogP contribution < -0.4 is 5.32 Å². The van der Waals surface area contributed by atoms with Crippen molar-refractivity contribution in [2.24, 2.45) is 0 Å². The molecular formula is C17H11ClF3NO3. The number of carbonyl (C=O) groups is 2. The maximum Gasteiger partial charge on any atom is 0.418 e. The Kier molecular flexibility index (Phi) is 4.43. The van der Waals surface area contributed by atoms with E-state index in [0.717, 1.165) is 12.1 Å². The molecule has 0 radical (unpaired) electrons. The molecule has 2 aromatic rings. The van der Waals surface area contributed by atoms with Crippen LogP contribution in [0.3, 0.4) is 0 Å². The first kappa shape index (κ1) is 17.3. The Morgan fingerprint density at radius 2 is 1.92 bits per heavy atom. The van der Waals surface area contributed by atoms with Gasteiger partial charge in [-0.05, 0) is 29.8 Å². The highest BCUT2D eigenvalue weighted by molar-refractivity contribution is 6.31. The number of carbonyl (C=O) groups excluding carboxylic acids is 2. The fourth-order valence-corrected chi connectivity index (χ4v) is 2.72. The van der Waals surface area contributed by atoms with Gasteiger partial charge >= 0.3 is 12.1 Å². The number of para-hydroxylation sites is 1. The molecular weight excluding hydrogens is 359 g/mol. The summed E-state index contributed by atoms with van der Waals surface area (Å²) in [6, 6.07) is 9.16. The number of hydrogen-bond donors (Lipinski definition) is 1. The van der Waals surface area contributed by atoms with E-state index in [2.05, 4.69) is 5.32 Å². The number of halogens is 4. The first-order chi connectivity index (χ1) is 11.8. The molecule has 0 saturated carbocycles. The van der Waals surface area contributed by atoms with Crippen molar-refractivity contribution in [2.75, 3.05) is 5.32 Å². The number of amides is 1. The van der Waals surface area contributed by atoms with Gasteiger partial charge in [-0.2, -0.15) is 13.2 Å². The smallest absolute Gasteiger partial charge is 0.418 e. The van der Waals surface area contributed by atoms with Crippen LogP contribution >= 0.6 is 11.6 Å². The predicted molar refractivity (Wildman–Crippen MR) is 84.4 cm³/mol. The second kappa shape index (κ2) is 6.40. The Hall–Kier alpha value is -2.54. The summed E-state index contributed by atoms with van der Waals surface area (Å²) < 4.78 is 44.0. The van der Waals surface area contributed by atoms with Crippen LogP contribution in [0, 0.1) is 0 Å². The molecule has 1 unspecified atom stereocenters. The lowest BCUT2D eigenvalue weighted by molar-refractivity contribution is -0.137. The summed E-state index contributed by atoms with van der Waals surface area (Å²) in [7, 11) is 0. The minimum atomic E-state index is -4.61. The molecule has 4 nitrogen and oxygen atoms in total. The maximum absolute atomic E-state index is 13.0. The van der Waals surface area contributed by atoms with Gasteiger partial charge in [0.1, 0.15) is 0 Å². The standard InChI is InChI=1S/C17H11ClF3NO3/c18-10-6-5-9-7-14(25-16(24)11(9)8-10)15(23)22-13-4-2-1-3-12(13)17(19,20)21/h1-6,8,14H,7H2,(H,22,23). The number of fused-ring (bicyclic) bond motifs is 1. The van der Waals surface area contributed by atoms with E-state index in [1.807, 2.05) is 0 Å². The van der Waals surface area contributed by atoms with Crippen molar-refractivity contribution >= 4 is 29.2 Å². The van der Waals surface area contributed by atoms with Gasteiger partial charge in [-0.1, -0.05) is 29.8 Å². The topological polar surface area (TPSA) is 55.4 Å². The molecule has 2 aromatic carbocycles. The third-order valence-corrected chi connectivity index (χ3v) is 3.96. The number of anilines is 1. The van der Waals surface area contributed by atoms with E-state index in [1.54, 1.807) is 12.1 Å². The van der Waals surface area contributed by atoms with Gasteiger partial charge in [-0.3, -0.25) is 4.79 Å². The molecule has 8 heteroatoms. The lowest BCUT2D eigenvalue weighted by Gasteiger charge is -2.24. The number of benzene rings is 2. The van der Waals surface area contributed by atoms with Crippen LogP contribution in [0.15, 0.2) is 42.5 Å². The third-order valence-electron chi connectivity index (χ3n) is 3.73. The summed E-state index contributed by atoms with van der Waals surface area (Å²) in [4.78, 5) is 24.3. The van der Waals surface area contributed by atoms with Crippen molar-refractivity contribution in [3.8, 4) is 0 Å². The number of hydrogen-bond acceptors (Lipinski definition) is 3. The van der Waals surface area contributed by atoms with Gasteiger partial charge < -0.3 is 10.1 Å². The van der Waals surface area contributed by atoms with E-state index in [0.29, 0.717) is 10.6 Å². The molecule has 1 aliphatic heterocycles. The Bertz CT molecular complexity index is 851. The zero-order valence-corrected chi connectivity index (χ0v) is 13.3. The zero-order valence-electron chi connectivity index (χ0n) is 12.6. The van der Waals surface area contributed by atoms with E-state index in [-0.39, 0.29) is 12.0 Å². The lowest BCUT2D eigenvalue weighted by Crippen LogP contribution is -2.38. The minimum absolute atomic E-state index is 0.0538. The number of esters is 1. The summed E-state index contributed by atoms with van der Waals surface area (Å²) in [6.45, 7) is 0. The lowest BCUT2D eigenvalue weighted by atomic mass is 9.98. The third kappa shape index (κ3) is 3.61. The van der Waals surface area contributed by atoms with E-state index < -0.39 is 35.4 Å². The van der Waals surface area contributed by atoms with Crippen molar-refractivity contribution < 1.29 is 27.5 Å². The van der Waals surface area contributed by atoms with Crippen LogP contribution in [-0.4, -0.2) is 18.0 Å². The monoisotopic (exact) mass is 369 g/mol. The van der Waals surface area contributed by atoms with Gasteiger partial charge in [0.25, 0.3) is 5.91 Å². The summed E-state index contributed by atoms with van der Waals surface area (Å²) in [5.74, 6) is -1.57. The predicted octanol–water partition coefficient (Wildman–Crippen LogP) is 4.08. The van der Waals surface area contributed by atoms with Crippen LogP contribution in [0.5, 0.6) is 0 Å². The van der Waals surface area contributed by atoms with Crippen molar-refractivity contribution in [2.45, 2.75) is 18.7 Å².